The van der Waals surface area contributed by atoms with E-state index < -0.39 is 11.9 Å². The van der Waals surface area contributed by atoms with Crippen LogP contribution in [0, 0.1) is 6.92 Å². The van der Waals surface area contributed by atoms with Crippen LogP contribution in [0.3, 0.4) is 0 Å². The number of carbonyl (C=O) groups is 1. The summed E-state index contributed by atoms with van der Waals surface area (Å²) in [6.45, 7) is 7.89. The van der Waals surface area contributed by atoms with Gasteiger partial charge in [-0.05, 0) is 45.4 Å². The Kier molecular flexibility index (Phi) is 3.11. The van der Waals surface area contributed by atoms with Gasteiger partial charge >= 0.3 is 5.97 Å². The van der Waals surface area contributed by atoms with E-state index in [1.165, 1.54) is 0 Å². The lowest BCUT2D eigenvalue weighted by Crippen LogP contribution is -2.07. The third kappa shape index (κ3) is 1.98. The number of aryl methyl sites for hydroxylation is 1. The van der Waals surface area contributed by atoms with Gasteiger partial charge in [0.2, 0.25) is 0 Å². The molecule has 0 aliphatic carbocycles. The van der Waals surface area contributed by atoms with Crippen LogP contribution in [-0.2, 0) is 4.79 Å². The highest BCUT2D eigenvalue weighted by atomic mass is 16.4. The monoisotopic (exact) mass is 246 g/mol. The van der Waals surface area contributed by atoms with Gasteiger partial charge in [0, 0.05) is 6.04 Å². The standard InChI is InChI=1S/C14H18N2O2/c1-8(2)16-10(4)15-12-7-11(5-6-13(12)16)9(3)14(17)18/h5-9H,1-4H3,(H,17,18). The van der Waals surface area contributed by atoms with Crippen LogP contribution >= 0.6 is 0 Å². The van der Waals surface area contributed by atoms with Gasteiger partial charge in [-0.15, -0.1) is 0 Å². The Hall–Kier alpha value is -1.84. The number of benzene rings is 1. The second-order valence-corrected chi connectivity index (χ2v) is 4.93. The fourth-order valence-corrected chi connectivity index (χ4v) is 2.30. The largest absolute Gasteiger partial charge is 0.481 e. The van der Waals surface area contributed by atoms with E-state index in [0.29, 0.717) is 6.04 Å². The number of aliphatic carboxylic acids is 1. The molecule has 0 amide bonds. The minimum absolute atomic E-state index is 0.345. The number of rotatable bonds is 3. The zero-order valence-electron chi connectivity index (χ0n) is 11.1. The molecule has 0 radical (unpaired) electrons. The van der Waals surface area contributed by atoms with Crippen molar-refractivity contribution in [1.82, 2.24) is 9.55 Å². The van der Waals surface area contributed by atoms with Crippen molar-refractivity contribution in [3.63, 3.8) is 0 Å². The molecule has 1 N–H and O–H groups in total. The summed E-state index contributed by atoms with van der Waals surface area (Å²) in [7, 11) is 0. The Morgan fingerprint density at radius 1 is 1.33 bits per heavy atom. The summed E-state index contributed by atoms with van der Waals surface area (Å²) in [6, 6.07) is 6.06. The summed E-state index contributed by atoms with van der Waals surface area (Å²) in [6.07, 6.45) is 0. The van der Waals surface area contributed by atoms with Gasteiger partial charge in [-0.2, -0.15) is 0 Å². The van der Waals surface area contributed by atoms with Gasteiger partial charge in [-0.1, -0.05) is 6.07 Å². The Morgan fingerprint density at radius 3 is 2.56 bits per heavy atom. The lowest BCUT2D eigenvalue weighted by molar-refractivity contribution is -0.138. The molecule has 2 aromatic rings. The van der Waals surface area contributed by atoms with Crippen molar-refractivity contribution in [2.45, 2.75) is 39.7 Å². The van der Waals surface area contributed by atoms with Crippen LogP contribution in [0.1, 0.15) is 44.1 Å². The normalized spacial score (nSPS) is 13.2. The zero-order valence-corrected chi connectivity index (χ0v) is 11.1. The van der Waals surface area contributed by atoms with Gasteiger partial charge in [0.25, 0.3) is 0 Å². The third-order valence-corrected chi connectivity index (χ3v) is 3.28. The van der Waals surface area contributed by atoms with E-state index >= 15 is 0 Å². The Morgan fingerprint density at radius 2 is 2.00 bits per heavy atom. The Bertz CT molecular complexity index is 599. The topological polar surface area (TPSA) is 55.1 Å². The van der Waals surface area contributed by atoms with Crippen molar-refractivity contribution >= 4 is 17.0 Å². The molecule has 2 rings (SSSR count). The maximum atomic E-state index is 11.0. The smallest absolute Gasteiger partial charge is 0.310 e. The maximum Gasteiger partial charge on any atom is 0.310 e. The molecule has 0 spiro atoms. The van der Waals surface area contributed by atoms with Crippen LogP contribution in [0.4, 0.5) is 0 Å². The molecule has 18 heavy (non-hydrogen) atoms. The molecule has 0 bridgehead atoms. The van der Waals surface area contributed by atoms with E-state index in [9.17, 15) is 4.79 Å². The van der Waals surface area contributed by atoms with E-state index in [4.69, 9.17) is 5.11 Å². The fourth-order valence-electron chi connectivity index (χ4n) is 2.30. The molecule has 0 fully saturated rings. The molecule has 0 saturated carbocycles. The first-order valence-electron chi connectivity index (χ1n) is 6.13. The summed E-state index contributed by atoms with van der Waals surface area (Å²) >= 11 is 0. The Labute approximate surface area is 106 Å². The summed E-state index contributed by atoms with van der Waals surface area (Å²) < 4.78 is 2.16. The second-order valence-electron chi connectivity index (χ2n) is 4.93. The molecule has 1 atom stereocenters. The molecule has 4 nitrogen and oxygen atoms in total. The first-order chi connectivity index (χ1) is 8.41. The van der Waals surface area contributed by atoms with Crippen LogP contribution in [-0.4, -0.2) is 20.6 Å². The number of imidazole rings is 1. The van der Waals surface area contributed by atoms with Crippen molar-refractivity contribution in [2.24, 2.45) is 0 Å². The second kappa shape index (κ2) is 4.44. The van der Waals surface area contributed by atoms with Gasteiger partial charge in [-0.3, -0.25) is 4.79 Å². The fraction of sp³-hybridized carbons (Fsp3) is 0.429. The SMILES string of the molecule is Cc1nc2cc(C(C)C(=O)O)ccc2n1C(C)C. The molecule has 0 saturated heterocycles. The van der Waals surface area contributed by atoms with Crippen LogP contribution in [0.25, 0.3) is 11.0 Å². The predicted octanol–water partition coefficient (Wildman–Crippen LogP) is 3.11. The number of fused-ring (bicyclic) bond motifs is 1. The summed E-state index contributed by atoms with van der Waals surface area (Å²) in [5.41, 5.74) is 2.72. The number of hydrogen-bond donors (Lipinski definition) is 1. The molecule has 4 heteroatoms. The van der Waals surface area contributed by atoms with Crippen molar-refractivity contribution < 1.29 is 9.90 Å². The molecular weight excluding hydrogens is 228 g/mol. The first kappa shape index (κ1) is 12.6. The van der Waals surface area contributed by atoms with Crippen molar-refractivity contribution in [1.29, 1.82) is 0 Å². The first-order valence-corrected chi connectivity index (χ1v) is 6.13. The lowest BCUT2D eigenvalue weighted by atomic mass is 10.0. The molecule has 1 heterocycles. The summed E-state index contributed by atoms with van der Waals surface area (Å²) in [5, 5.41) is 9.03. The van der Waals surface area contributed by atoms with Gasteiger partial charge < -0.3 is 9.67 Å². The van der Waals surface area contributed by atoms with Crippen molar-refractivity contribution in [3.8, 4) is 0 Å². The maximum absolute atomic E-state index is 11.0. The Balaban J connectivity index is 2.58. The minimum Gasteiger partial charge on any atom is -0.481 e. The van der Waals surface area contributed by atoms with Gasteiger partial charge in [-0.25, -0.2) is 4.98 Å². The van der Waals surface area contributed by atoms with Crippen molar-refractivity contribution in [3.05, 3.63) is 29.6 Å². The van der Waals surface area contributed by atoms with E-state index in [0.717, 1.165) is 22.4 Å². The average molecular weight is 246 g/mol. The highest BCUT2D eigenvalue weighted by Crippen LogP contribution is 2.25. The quantitative estimate of drug-likeness (QED) is 0.905. The highest BCUT2D eigenvalue weighted by Gasteiger charge is 2.16. The van der Waals surface area contributed by atoms with Crippen molar-refractivity contribution in [2.75, 3.05) is 0 Å². The molecule has 96 valence electrons. The molecule has 1 aromatic heterocycles. The summed E-state index contributed by atoms with van der Waals surface area (Å²) in [5.74, 6) is -0.353. The van der Waals surface area contributed by atoms with Crippen LogP contribution < -0.4 is 0 Å². The zero-order chi connectivity index (χ0) is 13.4. The number of aromatic nitrogens is 2. The van der Waals surface area contributed by atoms with Gasteiger partial charge in [0.15, 0.2) is 0 Å². The van der Waals surface area contributed by atoms with Crippen LogP contribution in [0.15, 0.2) is 18.2 Å². The lowest BCUT2D eigenvalue weighted by Gasteiger charge is -2.11. The predicted molar refractivity (Wildman–Crippen MR) is 70.9 cm³/mol. The molecule has 1 unspecified atom stereocenters. The molecular formula is C14H18N2O2. The molecule has 1 aromatic carbocycles. The van der Waals surface area contributed by atoms with Gasteiger partial charge in [0.05, 0.1) is 17.0 Å². The summed E-state index contributed by atoms with van der Waals surface area (Å²) in [4.78, 5) is 15.5. The van der Waals surface area contributed by atoms with E-state index in [2.05, 4.69) is 23.4 Å². The molecule has 0 aliphatic rings. The number of nitrogens with zero attached hydrogens (tertiary/aromatic N) is 2. The van der Waals surface area contributed by atoms with E-state index in [1.54, 1.807) is 6.92 Å². The third-order valence-electron chi connectivity index (χ3n) is 3.28. The van der Waals surface area contributed by atoms with E-state index in [-0.39, 0.29) is 0 Å². The average Bonchev–Trinajstić information content (AvgIpc) is 2.62. The number of carboxylic acid groups (broad SMARTS) is 1. The van der Waals surface area contributed by atoms with Crippen LogP contribution in [0.5, 0.6) is 0 Å². The highest BCUT2D eigenvalue weighted by molar-refractivity contribution is 5.81. The van der Waals surface area contributed by atoms with E-state index in [1.807, 2.05) is 25.1 Å². The van der Waals surface area contributed by atoms with Gasteiger partial charge in [0.1, 0.15) is 5.82 Å². The number of hydrogen-bond acceptors (Lipinski definition) is 2. The van der Waals surface area contributed by atoms with Crippen LogP contribution in [0.2, 0.25) is 0 Å². The number of carboxylic acids is 1. The molecule has 0 aliphatic heterocycles. The minimum atomic E-state index is -0.811.